The molecule has 164 valence electrons. The third kappa shape index (κ3) is 4.54. The first-order chi connectivity index (χ1) is 15.6. The maximum Gasteiger partial charge on any atom is 0.311 e. The van der Waals surface area contributed by atoms with E-state index in [9.17, 15) is 14.9 Å². The maximum atomic E-state index is 12.6. The number of methoxy groups -OCH3 is 1. The highest BCUT2D eigenvalue weighted by Gasteiger charge is 2.20. The van der Waals surface area contributed by atoms with E-state index in [2.05, 4.69) is 5.10 Å². The minimum absolute atomic E-state index is 0.0381. The van der Waals surface area contributed by atoms with E-state index in [1.165, 1.54) is 13.2 Å². The van der Waals surface area contributed by atoms with E-state index in [4.69, 9.17) is 4.74 Å². The summed E-state index contributed by atoms with van der Waals surface area (Å²) in [5.41, 5.74) is 2.51. The van der Waals surface area contributed by atoms with E-state index in [1.54, 1.807) is 29.0 Å². The van der Waals surface area contributed by atoms with Crippen molar-refractivity contribution in [2.45, 2.75) is 19.3 Å². The smallest absolute Gasteiger partial charge is 0.311 e. The number of aromatic nitrogens is 2. The molecule has 0 aliphatic carbocycles. The zero-order chi connectivity index (χ0) is 22.5. The van der Waals surface area contributed by atoms with Gasteiger partial charge in [-0.25, -0.2) is 4.68 Å². The number of hydrogen-bond acceptors (Lipinski definition) is 5. The summed E-state index contributed by atoms with van der Waals surface area (Å²) in [7, 11) is 1.40. The van der Waals surface area contributed by atoms with Crippen LogP contribution >= 0.6 is 0 Å². The van der Waals surface area contributed by atoms with Crippen molar-refractivity contribution in [3.8, 4) is 22.7 Å². The monoisotopic (exact) mass is 432 g/mol. The topological polar surface area (TPSA) is 90.5 Å². The van der Waals surface area contributed by atoms with Gasteiger partial charge >= 0.3 is 5.69 Å². The third-order valence-corrected chi connectivity index (χ3v) is 5.49. The summed E-state index contributed by atoms with van der Waals surface area (Å²) >= 11 is 0. The minimum Gasteiger partial charge on any atom is -0.490 e. The second kappa shape index (κ2) is 9.47. The number of rotatable bonds is 6. The second-order valence-electron chi connectivity index (χ2n) is 7.58. The van der Waals surface area contributed by atoms with Crippen LogP contribution in [0.3, 0.4) is 0 Å². The summed E-state index contributed by atoms with van der Waals surface area (Å²) < 4.78 is 6.82. The number of nitrogens with zero attached hydrogens (tertiary/aromatic N) is 4. The van der Waals surface area contributed by atoms with Crippen LogP contribution in [0.15, 0.2) is 60.8 Å². The van der Waals surface area contributed by atoms with Gasteiger partial charge in [-0.1, -0.05) is 18.2 Å². The molecule has 0 saturated carbocycles. The molecule has 2 aromatic carbocycles. The van der Waals surface area contributed by atoms with Crippen LogP contribution < -0.4 is 4.74 Å². The molecule has 32 heavy (non-hydrogen) atoms. The number of carbonyl (C=O) groups excluding carboxylic acids is 1. The van der Waals surface area contributed by atoms with Crippen LogP contribution in [0.1, 0.15) is 24.8 Å². The molecule has 0 radical (unpaired) electrons. The molecule has 3 aromatic rings. The molecule has 1 fully saturated rings. The van der Waals surface area contributed by atoms with E-state index in [0.717, 1.165) is 38.0 Å². The highest BCUT2D eigenvalue weighted by atomic mass is 16.6. The van der Waals surface area contributed by atoms with Gasteiger partial charge in [-0.3, -0.25) is 14.9 Å². The molecule has 0 bridgehead atoms. The zero-order valence-electron chi connectivity index (χ0n) is 17.8. The average Bonchev–Trinajstić information content (AvgIpc) is 3.27. The maximum absolute atomic E-state index is 12.6. The fourth-order valence-corrected chi connectivity index (χ4v) is 3.81. The Hall–Kier alpha value is -3.94. The summed E-state index contributed by atoms with van der Waals surface area (Å²) in [6.45, 7) is 1.54. The van der Waals surface area contributed by atoms with Gasteiger partial charge < -0.3 is 9.64 Å². The van der Waals surface area contributed by atoms with Gasteiger partial charge in [0.25, 0.3) is 0 Å². The molecule has 0 N–H and O–H groups in total. The number of para-hydroxylation sites is 1. The number of nitro groups is 1. The molecule has 1 saturated heterocycles. The summed E-state index contributed by atoms with van der Waals surface area (Å²) in [5, 5.41) is 16.2. The van der Waals surface area contributed by atoms with Crippen molar-refractivity contribution in [3.63, 3.8) is 0 Å². The van der Waals surface area contributed by atoms with Crippen LogP contribution in [0.4, 0.5) is 5.69 Å². The summed E-state index contributed by atoms with van der Waals surface area (Å²) in [6, 6.07) is 14.3. The molecule has 0 atom stereocenters. The lowest BCUT2D eigenvalue weighted by atomic mass is 10.1. The highest BCUT2D eigenvalue weighted by molar-refractivity contribution is 5.93. The second-order valence-corrected chi connectivity index (χ2v) is 7.58. The normalized spacial score (nSPS) is 14.0. The number of nitro benzene ring substituents is 1. The molecule has 2 heterocycles. The fourth-order valence-electron chi connectivity index (χ4n) is 3.81. The number of amides is 1. The zero-order valence-corrected chi connectivity index (χ0v) is 17.8. The molecular weight excluding hydrogens is 408 g/mol. The van der Waals surface area contributed by atoms with Gasteiger partial charge in [0.2, 0.25) is 5.91 Å². The third-order valence-electron chi connectivity index (χ3n) is 5.49. The van der Waals surface area contributed by atoms with E-state index < -0.39 is 4.92 Å². The van der Waals surface area contributed by atoms with Gasteiger partial charge in [0, 0.05) is 42.6 Å². The number of benzene rings is 2. The van der Waals surface area contributed by atoms with Crippen LogP contribution in [0.25, 0.3) is 23.0 Å². The Morgan fingerprint density at radius 3 is 2.56 bits per heavy atom. The van der Waals surface area contributed by atoms with Crippen molar-refractivity contribution in [2.75, 3.05) is 20.2 Å². The average molecular weight is 432 g/mol. The molecule has 8 nitrogen and oxygen atoms in total. The van der Waals surface area contributed by atoms with Crippen molar-refractivity contribution < 1.29 is 14.5 Å². The van der Waals surface area contributed by atoms with Gasteiger partial charge in [-0.05, 0) is 49.6 Å². The predicted octanol–water partition coefficient (Wildman–Crippen LogP) is 4.48. The van der Waals surface area contributed by atoms with Crippen LogP contribution in [0, 0.1) is 10.1 Å². The molecule has 1 aromatic heterocycles. The van der Waals surface area contributed by atoms with Gasteiger partial charge in [0.05, 0.1) is 17.7 Å². The van der Waals surface area contributed by atoms with Crippen LogP contribution in [0.2, 0.25) is 0 Å². The van der Waals surface area contributed by atoms with E-state index in [1.807, 2.05) is 41.4 Å². The Labute approximate surface area is 185 Å². The number of hydrogen-bond donors (Lipinski definition) is 0. The van der Waals surface area contributed by atoms with Gasteiger partial charge in [0.15, 0.2) is 5.75 Å². The van der Waals surface area contributed by atoms with Crippen LogP contribution in [0.5, 0.6) is 5.75 Å². The number of ether oxygens (including phenoxy) is 1. The molecule has 1 amide bonds. The largest absolute Gasteiger partial charge is 0.490 e. The lowest BCUT2D eigenvalue weighted by Crippen LogP contribution is -2.34. The van der Waals surface area contributed by atoms with Crippen LogP contribution in [-0.2, 0) is 4.79 Å². The van der Waals surface area contributed by atoms with Crippen molar-refractivity contribution in [2.24, 2.45) is 0 Å². The highest BCUT2D eigenvalue weighted by Crippen LogP contribution is 2.33. The molecule has 1 aliphatic rings. The first kappa shape index (κ1) is 21.3. The minimum atomic E-state index is -0.480. The van der Waals surface area contributed by atoms with Crippen LogP contribution in [-0.4, -0.2) is 45.7 Å². The van der Waals surface area contributed by atoms with Crippen molar-refractivity contribution >= 4 is 17.7 Å². The SMILES string of the molecule is COc1ccc(-c2nn(-c3ccccc3)cc2/C=C/C(=O)N2CCCCC2)cc1[N+](=O)[O-]. The van der Waals surface area contributed by atoms with E-state index in [-0.39, 0.29) is 17.3 Å². The van der Waals surface area contributed by atoms with Gasteiger partial charge in [-0.15, -0.1) is 0 Å². The Kier molecular flexibility index (Phi) is 6.30. The lowest BCUT2D eigenvalue weighted by molar-refractivity contribution is -0.385. The molecule has 8 heteroatoms. The first-order valence-corrected chi connectivity index (χ1v) is 10.5. The lowest BCUT2D eigenvalue weighted by Gasteiger charge is -2.25. The Balaban J connectivity index is 1.74. The first-order valence-electron chi connectivity index (χ1n) is 10.5. The Bertz CT molecular complexity index is 1150. The van der Waals surface area contributed by atoms with Gasteiger partial charge in [-0.2, -0.15) is 5.10 Å². The van der Waals surface area contributed by atoms with E-state index in [0.29, 0.717) is 16.8 Å². The predicted molar refractivity (Wildman–Crippen MR) is 122 cm³/mol. The quantitative estimate of drug-likeness (QED) is 0.325. The number of carbonyl (C=O) groups is 1. The summed E-state index contributed by atoms with van der Waals surface area (Å²) in [5.74, 6) is 0.141. The summed E-state index contributed by atoms with van der Waals surface area (Å²) in [4.78, 5) is 25.5. The van der Waals surface area contributed by atoms with E-state index >= 15 is 0 Å². The van der Waals surface area contributed by atoms with Crippen molar-refractivity contribution in [3.05, 3.63) is 76.5 Å². The molecule has 4 rings (SSSR count). The van der Waals surface area contributed by atoms with Gasteiger partial charge in [0.1, 0.15) is 5.69 Å². The van der Waals surface area contributed by atoms with Crippen molar-refractivity contribution in [1.29, 1.82) is 0 Å². The molecule has 0 unspecified atom stereocenters. The number of likely N-dealkylation sites (tertiary alicyclic amines) is 1. The standard InChI is InChI=1S/C24H24N4O4/c1-32-22-12-10-18(16-21(22)28(30)31)24-19(11-13-23(29)26-14-6-3-7-15-26)17-27(25-24)20-8-4-2-5-9-20/h2,4-5,8-13,16-17H,3,6-7,14-15H2,1H3/b13-11+. The van der Waals surface area contributed by atoms with Crippen molar-refractivity contribution in [1.82, 2.24) is 14.7 Å². The fraction of sp³-hybridized carbons (Fsp3) is 0.250. The summed E-state index contributed by atoms with van der Waals surface area (Å²) in [6.07, 6.45) is 8.30. The molecular formula is C24H24N4O4. The Morgan fingerprint density at radius 2 is 1.88 bits per heavy atom. The Morgan fingerprint density at radius 1 is 1.12 bits per heavy atom. The molecule has 0 spiro atoms. The number of piperidine rings is 1. The molecule has 1 aliphatic heterocycles.